The second-order valence-electron chi connectivity index (χ2n) is 5.18. The molecule has 1 aromatic rings. The van der Waals surface area contributed by atoms with Crippen LogP contribution in [-0.4, -0.2) is 57.9 Å². The Morgan fingerprint density at radius 1 is 1.50 bits per heavy atom. The van der Waals surface area contributed by atoms with Crippen LogP contribution < -0.4 is 5.73 Å². The lowest BCUT2D eigenvalue weighted by molar-refractivity contribution is -0.769. The molecule has 24 heavy (non-hydrogen) atoms. The Balaban J connectivity index is 2.13. The second kappa shape index (κ2) is 5.22. The molecular formula is C10H12N5O8S+. The van der Waals surface area contributed by atoms with Crippen molar-refractivity contribution >= 4 is 22.4 Å². The van der Waals surface area contributed by atoms with Gasteiger partial charge in [-0.25, -0.2) is 4.79 Å². The zero-order chi connectivity index (χ0) is 17.8. The number of nitrogens with zero attached hydrogens (tertiary/aromatic N) is 4. The normalized spacial score (nSPS) is 25.5. The first-order valence-electron chi connectivity index (χ1n) is 6.53. The molecule has 0 radical (unpaired) electrons. The fourth-order valence-corrected chi connectivity index (χ4v) is 3.34. The number of fused-ring (bicyclic) bond motifs is 4. The molecule has 1 unspecified atom stereocenters. The molecule has 1 amide bonds. The van der Waals surface area contributed by atoms with Crippen LogP contribution in [0.15, 0.2) is 6.20 Å². The lowest BCUT2D eigenvalue weighted by Crippen LogP contribution is -2.37. The molecule has 1 aliphatic heterocycles. The van der Waals surface area contributed by atoms with E-state index in [0.717, 1.165) is 18.0 Å². The number of aromatic nitrogens is 2. The van der Waals surface area contributed by atoms with E-state index in [1.807, 2.05) is 0 Å². The summed E-state index contributed by atoms with van der Waals surface area (Å²) in [7, 11) is -3.88. The van der Waals surface area contributed by atoms with Crippen LogP contribution in [0.1, 0.15) is 29.6 Å². The summed E-state index contributed by atoms with van der Waals surface area (Å²) in [6.07, 6.45) is 1.14. The summed E-state index contributed by atoms with van der Waals surface area (Å²) >= 11 is 0. The van der Waals surface area contributed by atoms with Crippen molar-refractivity contribution in [2.45, 2.75) is 24.4 Å². The summed E-state index contributed by atoms with van der Waals surface area (Å²) in [6.45, 7) is 0. The van der Waals surface area contributed by atoms with E-state index in [2.05, 4.69) is 14.1 Å². The van der Waals surface area contributed by atoms with Gasteiger partial charge in [0.1, 0.15) is 4.87 Å². The van der Waals surface area contributed by atoms with Crippen molar-refractivity contribution in [3.8, 4) is 0 Å². The number of hydroxylamine groups is 1. The number of ether oxygens (including phenoxy) is 1. The number of methoxy groups -OCH3 is 1. The lowest BCUT2D eigenvalue weighted by Gasteiger charge is -2.18. The van der Waals surface area contributed by atoms with Crippen molar-refractivity contribution in [2.75, 3.05) is 7.11 Å². The van der Waals surface area contributed by atoms with Crippen molar-refractivity contribution in [3.05, 3.63) is 22.4 Å². The highest BCUT2D eigenvalue weighted by atomic mass is 32.3. The molecule has 0 aromatic carbocycles. The molecule has 0 spiro atoms. The molecule has 13 nitrogen and oxygen atoms in total. The van der Waals surface area contributed by atoms with Crippen molar-refractivity contribution in [3.63, 3.8) is 0 Å². The first kappa shape index (κ1) is 16.3. The molecule has 1 saturated heterocycles. The average Bonchev–Trinajstić information content (AvgIpc) is 3.03. The van der Waals surface area contributed by atoms with E-state index in [1.54, 1.807) is 0 Å². The van der Waals surface area contributed by atoms with E-state index in [4.69, 9.17) is 10.3 Å². The number of primary amides is 1. The number of hydrogen-bond donors (Lipinski definition) is 2. The monoisotopic (exact) mass is 362 g/mol. The molecule has 1 fully saturated rings. The van der Waals surface area contributed by atoms with Crippen molar-refractivity contribution in [1.82, 2.24) is 15.0 Å². The zero-order valence-corrected chi connectivity index (χ0v) is 12.9. The van der Waals surface area contributed by atoms with Crippen LogP contribution in [-0.2, 0) is 24.2 Å². The average molecular weight is 362 g/mol. The summed E-state index contributed by atoms with van der Waals surface area (Å²) in [5.41, 5.74) is 5.36. The van der Waals surface area contributed by atoms with Crippen molar-refractivity contribution < 1.29 is 36.4 Å². The minimum absolute atomic E-state index is 0.0176. The topological polar surface area (TPSA) is 174 Å². The van der Waals surface area contributed by atoms with Gasteiger partial charge in [0, 0.05) is 16.9 Å². The van der Waals surface area contributed by atoms with Gasteiger partial charge in [0.2, 0.25) is 0 Å². The Labute approximate surface area is 134 Å². The SMILES string of the molecule is COC(=O)C1c2nn(C(N)=O)cc2[C@H]2C[C@H]1[N+](=O)N2OS(=O)(=O)O. The van der Waals surface area contributed by atoms with E-state index in [1.165, 1.54) is 0 Å². The van der Waals surface area contributed by atoms with Gasteiger partial charge in [-0.05, 0) is 0 Å². The number of amides is 1. The zero-order valence-electron chi connectivity index (χ0n) is 12.1. The number of nitrogens with two attached hydrogens (primary N) is 1. The second-order valence-corrected chi connectivity index (χ2v) is 6.18. The number of hydrazine groups is 1. The Hall–Kier alpha value is -2.58. The van der Waals surface area contributed by atoms with Crippen LogP contribution in [0.2, 0.25) is 0 Å². The van der Waals surface area contributed by atoms with Crippen LogP contribution in [0.4, 0.5) is 4.79 Å². The summed E-state index contributed by atoms with van der Waals surface area (Å²) in [4.78, 5) is 35.8. The van der Waals surface area contributed by atoms with Gasteiger partial charge in [0.05, 0.1) is 24.1 Å². The quantitative estimate of drug-likeness (QED) is 0.370. The van der Waals surface area contributed by atoms with E-state index in [-0.39, 0.29) is 22.5 Å². The predicted molar refractivity (Wildman–Crippen MR) is 71.2 cm³/mol. The third-order valence-electron chi connectivity index (χ3n) is 3.87. The van der Waals surface area contributed by atoms with Gasteiger partial charge in [-0.15, -0.1) is 0 Å². The summed E-state index contributed by atoms with van der Waals surface area (Å²) < 4.78 is 40.4. The molecule has 14 heteroatoms. The Kier molecular flexibility index (Phi) is 3.54. The number of esters is 1. The highest BCUT2D eigenvalue weighted by Crippen LogP contribution is 2.47. The number of carbonyl (C=O) groups is 2. The van der Waals surface area contributed by atoms with Gasteiger partial charge in [-0.1, -0.05) is 4.28 Å². The number of rotatable bonds is 3. The summed E-state index contributed by atoms with van der Waals surface area (Å²) in [5, 5.41) is 4.26. The molecule has 1 aliphatic carbocycles. The summed E-state index contributed by atoms with van der Waals surface area (Å²) in [5.74, 6) is -1.99. The fourth-order valence-electron chi connectivity index (χ4n) is 2.97. The number of hydrogen-bond acceptors (Lipinski definition) is 8. The molecule has 2 aliphatic rings. The van der Waals surface area contributed by atoms with Crippen molar-refractivity contribution in [2.24, 2.45) is 5.73 Å². The highest BCUT2D eigenvalue weighted by molar-refractivity contribution is 7.80. The maximum Gasteiger partial charge on any atom is 0.422 e. The minimum Gasteiger partial charge on any atom is -0.468 e. The van der Waals surface area contributed by atoms with Gasteiger partial charge < -0.3 is 10.5 Å². The first-order chi connectivity index (χ1) is 11.1. The third kappa shape index (κ3) is 2.40. The van der Waals surface area contributed by atoms with Crippen LogP contribution >= 0.6 is 0 Å². The standard InChI is InChI=1S/C10H11N5O8S/c1-22-9(16)7-6-2-5(15(14(6)18)23-24(19,20)21)4-3-13(10(11)17)12-8(4)7/h3,5-7H,2H2,1H3,(H2-,11,17,19,20,21)/p+1/t5-,6-,7?/m1/s1. The third-order valence-corrected chi connectivity index (χ3v) is 4.21. The van der Waals surface area contributed by atoms with Gasteiger partial charge >= 0.3 is 22.4 Å². The van der Waals surface area contributed by atoms with E-state index in [9.17, 15) is 22.9 Å². The van der Waals surface area contributed by atoms with E-state index in [0.29, 0.717) is 5.17 Å². The molecule has 3 atom stereocenters. The molecule has 3 N–H and O–H groups in total. The molecule has 0 saturated carbocycles. The highest BCUT2D eigenvalue weighted by Gasteiger charge is 2.63. The smallest absolute Gasteiger partial charge is 0.422 e. The maximum absolute atomic E-state index is 12.3. The molecule has 130 valence electrons. The Morgan fingerprint density at radius 2 is 2.17 bits per heavy atom. The summed E-state index contributed by atoms with van der Waals surface area (Å²) in [6, 6.07) is -3.02. The number of carbonyl (C=O) groups excluding carboxylic acids is 2. The Bertz CT molecular complexity index is 847. The van der Waals surface area contributed by atoms with Gasteiger partial charge in [0.25, 0.3) is 6.04 Å². The molecule has 2 heterocycles. The van der Waals surface area contributed by atoms with Gasteiger partial charge in [-0.3, -0.25) is 9.35 Å². The van der Waals surface area contributed by atoms with Crippen LogP contribution in [0.5, 0.6) is 0 Å². The lowest BCUT2D eigenvalue weighted by atomic mass is 9.83. The number of nitroso groups, excluding NO2 is 1. The van der Waals surface area contributed by atoms with Gasteiger partial charge in [0.15, 0.2) is 12.0 Å². The van der Waals surface area contributed by atoms with E-state index >= 15 is 0 Å². The fraction of sp³-hybridized carbons (Fsp3) is 0.500. The largest absolute Gasteiger partial charge is 0.468 e. The van der Waals surface area contributed by atoms with Crippen molar-refractivity contribution in [1.29, 1.82) is 0 Å². The predicted octanol–water partition coefficient (Wildman–Crippen LogP) is -1.38. The molecule has 3 rings (SSSR count). The minimum atomic E-state index is -4.99. The van der Waals surface area contributed by atoms with Crippen LogP contribution in [0, 0.1) is 4.91 Å². The Morgan fingerprint density at radius 3 is 2.71 bits per heavy atom. The van der Waals surface area contributed by atoms with Crippen LogP contribution in [0.25, 0.3) is 0 Å². The maximum atomic E-state index is 12.3. The molecule has 2 bridgehead atoms. The van der Waals surface area contributed by atoms with E-state index < -0.39 is 40.4 Å². The molecular weight excluding hydrogens is 350 g/mol. The van der Waals surface area contributed by atoms with Gasteiger partial charge in [-0.2, -0.15) is 18.2 Å². The van der Waals surface area contributed by atoms with Crippen LogP contribution in [0.3, 0.4) is 0 Å². The molecule has 1 aromatic heterocycles. The first-order valence-corrected chi connectivity index (χ1v) is 7.90.